The Morgan fingerprint density at radius 3 is 2.56 bits per heavy atom. The summed E-state index contributed by atoms with van der Waals surface area (Å²) in [6, 6.07) is 0. The highest BCUT2D eigenvalue weighted by Gasteiger charge is 2.42. The second-order valence-corrected chi connectivity index (χ2v) is 6.18. The maximum atomic E-state index is 11.6. The van der Waals surface area contributed by atoms with E-state index in [4.69, 9.17) is 4.74 Å². The molecule has 2 aliphatic rings. The summed E-state index contributed by atoms with van der Waals surface area (Å²) in [7, 11) is 0. The molecular weight excluding hydrogens is 230 g/mol. The fraction of sp³-hybridized carbons (Fsp3) is 0.929. The van der Waals surface area contributed by atoms with Crippen LogP contribution in [0.4, 0.5) is 0 Å². The van der Waals surface area contributed by atoms with E-state index in [1.807, 2.05) is 0 Å². The van der Waals surface area contributed by atoms with Gasteiger partial charge in [-0.1, -0.05) is 13.8 Å². The normalized spacial score (nSPS) is 33.2. The molecule has 2 heterocycles. The first-order chi connectivity index (χ1) is 8.53. The molecule has 0 radical (unpaired) electrons. The lowest BCUT2D eigenvalue weighted by molar-refractivity contribution is -0.157. The molecule has 2 unspecified atom stereocenters. The molecule has 4 heteroatoms. The van der Waals surface area contributed by atoms with E-state index >= 15 is 0 Å². The van der Waals surface area contributed by atoms with Gasteiger partial charge in [0.1, 0.15) is 0 Å². The number of hydrogen-bond acceptors (Lipinski definition) is 3. The standard InChI is InChI=1S/C14H25NO3/c1-11-3-6-15(9-12(11)2)10-14(13(16)17)4-7-18-8-5-14/h11-12H,3-10H2,1-2H3,(H,16,17). The number of rotatable bonds is 3. The zero-order valence-electron chi connectivity index (χ0n) is 11.5. The summed E-state index contributed by atoms with van der Waals surface area (Å²) in [5, 5.41) is 9.56. The Labute approximate surface area is 109 Å². The number of aliphatic carboxylic acids is 1. The van der Waals surface area contributed by atoms with Crippen LogP contribution in [0.25, 0.3) is 0 Å². The molecular formula is C14H25NO3. The number of carboxylic acids is 1. The molecule has 104 valence electrons. The van der Waals surface area contributed by atoms with Crippen LogP contribution < -0.4 is 0 Å². The first-order valence-corrected chi connectivity index (χ1v) is 7.07. The summed E-state index contributed by atoms with van der Waals surface area (Å²) in [6.07, 6.45) is 2.50. The fourth-order valence-electron chi connectivity index (χ4n) is 3.12. The maximum absolute atomic E-state index is 11.6. The summed E-state index contributed by atoms with van der Waals surface area (Å²) in [5.74, 6) is 0.790. The second-order valence-electron chi connectivity index (χ2n) is 6.18. The Morgan fingerprint density at radius 1 is 1.33 bits per heavy atom. The number of nitrogens with zero attached hydrogens (tertiary/aromatic N) is 1. The van der Waals surface area contributed by atoms with Gasteiger partial charge in [0.15, 0.2) is 0 Å². The highest BCUT2D eigenvalue weighted by molar-refractivity contribution is 5.75. The van der Waals surface area contributed by atoms with Crippen molar-refractivity contribution in [1.82, 2.24) is 4.90 Å². The number of ether oxygens (including phenoxy) is 1. The molecule has 0 aromatic rings. The number of carbonyl (C=O) groups is 1. The minimum atomic E-state index is -0.642. The third kappa shape index (κ3) is 2.86. The molecule has 1 N–H and O–H groups in total. The molecule has 0 aliphatic carbocycles. The molecule has 0 saturated carbocycles. The molecule has 2 aliphatic heterocycles. The summed E-state index contributed by atoms with van der Waals surface area (Å²) in [5.41, 5.74) is -0.571. The van der Waals surface area contributed by atoms with E-state index < -0.39 is 11.4 Å². The van der Waals surface area contributed by atoms with Crippen molar-refractivity contribution in [2.24, 2.45) is 17.3 Å². The average Bonchev–Trinajstić information content (AvgIpc) is 2.35. The molecule has 2 saturated heterocycles. The van der Waals surface area contributed by atoms with Gasteiger partial charge in [0, 0.05) is 26.3 Å². The lowest BCUT2D eigenvalue weighted by atomic mass is 9.78. The van der Waals surface area contributed by atoms with E-state index in [0.29, 0.717) is 38.5 Å². The molecule has 0 bridgehead atoms. The topological polar surface area (TPSA) is 49.8 Å². The van der Waals surface area contributed by atoms with Gasteiger partial charge in [-0.15, -0.1) is 0 Å². The smallest absolute Gasteiger partial charge is 0.311 e. The predicted octanol–water partition coefficient (Wildman–Crippen LogP) is 1.85. The quantitative estimate of drug-likeness (QED) is 0.836. The van der Waals surface area contributed by atoms with Gasteiger partial charge in [0.2, 0.25) is 0 Å². The number of piperidine rings is 1. The van der Waals surface area contributed by atoms with Crippen LogP contribution in [0.1, 0.15) is 33.1 Å². The molecule has 2 rings (SSSR count). The predicted molar refractivity (Wildman–Crippen MR) is 69.5 cm³/mol. The fourth-order valence-corrected chi connectivity index (χ4v) is 3.12. The van der Waals surface area contributed by atoms with Crippen molar-refractivity contribution in [2.75, 3.05) is 32.8 Å². The van der Waals surface area contributed by atoms with Crippen molar-refractivity contribution in [1.29, 1.82) is 0 Å². The molecule has 0 aromatic heterocycles. The van der Waals surface area contributed by atoms with Crippen LogP contribution in [0, 0.1) is 17.3 Å². The SMILES string of the molecule is CC1CCN(CC2(C(=O)O)CCOCC2)CC1C. The summed E-state index contributed by atoms with van der Waals surface area (Å²) < 4.78 is 5.32. The monoisotopic (exact) mass is 255 g/mol. The Bertz CT molecular complexity index is 299. The van der Waals surface area contributed by atoms with E-state index in [1.165, 1.54) is 6.42 Å². The van der Waals surface area contributed by atoms with Gasteiger partial charge in [0.05, 0.1) is 5.41 Å². The van der Waals surface area contributed by atoms with Crippen molar-refractivity contribution >= 4 is 5.97 Å². The van der Waals surface area contributed by atoms with E-state index in [-0.39, 0.29) is 0 Å². The van der Waals surface area contributed by atoms with Crippen LogP contribution in [0.5, 0.6) is 0 Å². The van der Waals surface area contributed by atoms with Gasteiger partial charge in [-0.2, -0.15) is 0 Å². The molecule has 4 nitrogen and oxygen atoms in total. The van der Waals surface area contributed by atoms with E-state index in [1.54, 1.807) is 0 Å². The molecule has 18 heavy (non-hydrogen) atoms. The van der Waals surface area contributed by atoms with Crippen LogP contribution in [0.2, 0.25) is 0 Å². The van der Waals surface area contributed by atoms with Gasteiger partial charge in [-0.3, -0.25) is 4.79 Å². The Balaban J connectivity index is 1.99. The number of hydrogen-bond donors (Lipinski definition) is 1. The molecule has 2 atom stereocenters. The van der Waals surface area contributed by atoms with Gasteiger partial charge >= 0.3 is 5.97 Å². The summed E-state index contributed by atoms with van der Waals surface area (Å²) >= 11 is 0. The second kappa shape index (κ2) is 5.57. The largest absolute Gasteiger partial charge is 0.481 e. The van der Waals surface area contributed by atoms with E-state index in [9.17, 15) is 9.90 Å². The van der Waals surface area contributed by atoms with Crippen LogP contribution in [0.15, 0.2) is 0 Å². The molecule has 0 amide bonds. The van der Waals surface area contributed by atoms with Crippen molar-refractivity contribution < 1.29 is 14.6 Å². The Kier molecular flexibility index (Phi) is 4.28. The van der Waals surface area contributed by atoms with Gasteiger partial charge in [-0.25, -0.2) is 0 Å². The van der Waals surface area contributed by atoms with Crippen molar-refractivity contribution in [3.05, 3.63) is 0 Å². The zero-order chi connectivity index (χ0) is 13.2. The van der Waals surface area contributed by atoms with Crippen LogP contribution in [-0.4, -0.2) is 48.8 Å². The van der Waals surface area contributed by atoms with Crippen LogP contribution >= 0.6 is 0 Å². The molecule has 0 spiro atoms. The third-order valence-electron chi connectivity index (χ3n) is 4.85. The number of likely N-dealkylation sites (tertiary alicyclic amines) is 1. The average molecular weight is 255 g/mol. The summed E-state index contributed by atoms with van der Waals surface area (Å²) in [4.78, 5) is 14.0. The summed E-state index contributed by atoms with van der Waals surface area (Å²) in [6.45, 7) is 8.52. The first-order valence-electron chi connectivity index (χ1n) is 7.07. The maximum Gasteiger partial charge on any atom is 0.311 e. The van der Waals surface area contributed by atoms with Gasteiger partial charge in [-0.05, 0) is 37.6 Å². The zero-order valence-corrected chi connectivity index (χ0v) is 11.5. The van der Waals surface area contributed by atoms with Gasteiger partial charge in [0.25, 0.3) is 0 Å². The van der Waals surface area contributed by atoms with Gasteiger partial charge < -0.3 is 14.7 Å². The lowest BCUT2D eigenvalue weighted by Crippen LogP contribution is -2.50. The molecule has 2 fully saturated rings. The van der Waals surface area contributed by atoms with E-state index in [2.05, 4.69) is 18.7 Å². The van der Waals surface area contributed by atoms with Crippen LogP contribution in [0.3, 0.4) is 0 Å². The Hall–Kier alpha value is -0.610. The first kappa shape index (κ1) is 13.8. The highest BCUT2D eigenvalue weighted by Crippen LogP contribution is 2.34. The van der Waals surface area contributed by atoms with E-state index in [0.717, 1.165) is 19.0 Å². The van der Waals surface area contributed by atoms with Crippen molar-refractivity contribution in [3.63, 3.8) is 0 Å². The van der Waals surface area contributed by atoms with Crippen molar-refractivity contribution in [3.8, 4) is 0 Å². The minimum absolute atomic E-state index is 0.571. The number of carboxylic acid groups (broad SMARTS) is 1. The highest BCUT2D eigenvalue weighted by atomic mass is 16.5. The Morgan fingerprint density at radius 2 is 2.00 bits per heavy atom. The van der Waals surface area contributed by atoms with Crippen LogP contribution in [-0.2, 0) is 9.53 Å². The lowest BCUT2D eigenvalue weighted by Gasteiger charge is -2.42. The van der Waals surface area contributed by atoms with Crippen molar-refractivity contribution in [2.45, 2.75) is 33.1 Å². The molecule has 0 aromatic carbocycles. The minimum Gasteiger partial charge on any atom is -0.481 e. The third-order valence-corrected chi connectivity index (χ3v) is 4.85.